The van der Waals surface area contributed by atoms with Gasteiger partial charge in [-0.3, -0.25) is 4.79 Å². The Kier molecular flexibility index (Phi) is 6.65. The molecule has 142 valence electrons. The molecule has 1 aromatic heterocycles. The molecule has 0 fully saturated rings. The summed E-state index contributed by atoms with van der Waals surface area (Å²) in [6, 6.07) is 17.4. The van der Waals surface area contributed by atoms with E-state index in [4.69, 9.17) is 5.73 Å². The molecule has 0 unspecified atom stereocenters. The average molecular weight is 387 g/mol. The first-order valence-electron chi connectivity index (χ1n) is 8.44. The van der Waals surface area contributed by atoms with Crippen LogP contribution in [0.4, 0.5) is 5.69 Å². The van der Waals surface area contributed by atoms with E-state index < -0.39 is 5.54 Å². The topological polar surface area (TPSA) is 98.7 Å². The number of aryl methyl sites for hydroxylation is 2. The standard InChI is InChI=1S/C19H22N6O.ClH/c1-19(2,20)18(26)21-16-10-8-14(9-11-16)12-13-25-23-17(22-24-25)15-6-4-3-5-7-15;/h3-11H,12-13,20H2,1-2H3,(H,21,26);1H. The van der Waals surface area contributed by atoms with Crippen molar-refractivity contribution in [1.82, 2.24) is 20.2 Å². The zero-order chi connectivity index (χ0) is 18.6. The maximum atomic E-state index is 11.9. The molecule has 27 heavy (non-hydrogen) atoms. The minimum absolute atomic E-state index is 0. The van der Waals surface area contributed by atoms with Crippen LogP contribution in [0.3, 0.4) is 0 Å². The van der Waals surface area contributed by atoms with E-state index in [0.29, 0.717) is 12.4 Å². The van der Waals surface area contributed by atoms with Gasteiger partial charge >= 0.3 is 0 Å². The van der Waals surface area contributed by atoms with Gasteiger partial charge < -0.3 is 11.1 Å². The van der Waals surface area contributed by atoms with Crippen LogP contribution in [0.15, 0.2) is 54.6 Å². The molecular formula is C19H23ClN6O. The zero-order valence-corrected chi connectivity index (χ0v) is 16.1. The number of halogens is 1. The van der Waals surface area contributed by atoms with E-state index >= 15 is 0 Å². The first-order valence-corrected chi connectivity index (χ1v) is 8.44. The predicted molar refractivity (Wildman–Crippen MR) is 108 cm³/mol. The van der Waals surface area contributed by atoms with Gasteiger partial charge in [-0.15, -0.1) is 22.6 Å². The van der Waals surface area contributed by atoms with Crippen LogP contribution in [0.5, 0.6) is 0 Å². The molecule has 0 atom stereocenters. The van der Waals surface area contributed by atoms with Gasteiger partial charge in [0.2, 0.25) is 11.7 Å². The van der Waals surface area contributed by atoms with Crippen molar-refractivity contribution in [2.24, 2.45) is 5.73 Å². The molecule has 0 aliphatic carbocycles. The fourth-order valence-corrected chi connectivity index (χ4v) is 2.32. The van der Waals surface area contributed by atoms with Gasteiger partial charge in [-0.2, -0.15) is 4.80 Å². The lowest BCUT2D eigenvalue weighted by atomic mass is 10.1. The Labute approximate surface area is 164 Å². The molecule has 1 amide bonds. The summed E-state index contributed by atoms with van der Waals surface area (Å²) in [6.45, 7) is 3.97. The van der Waals surface area contributed by atoms with Crippen LogP contribution < -0.4 is 11.1 Å². The summed E-state index contributed by atoms with van der Waals surface area (Å²) in [7, 11) is 0. The first-order chi connectivity index (χ1) is 12.4. The van der Waals surface area contributed by atoms with Crippen LogP contribution in [-0.4, -0.2) is 31.7 Å². The van der Waals surface area contributed by atoms with E-state index in [2.05, 4.69) is 20.7 Å². The van der Waals surface area contributed by atoms with Crippen molar-refractivity contribution in [2.45, 2.75) is 32.4 Å². The highest BCUT2D eigenvalue weighted by molar-refractivity contribution is 5.97. The zero-order valence-electron chi connectivity index (χ0n) is 15.3. The van der Waals surface area contributed by atoms with E-state index in [1.54, 1.807) is 18.6 Å². The Morgan fingerprint density at radius 2 is 1.78 bits per heavy atom. The van der Waals surface area contributed by atoms with Gasteiger partial charge in [0.25, 0.3) is 0 Å². The fourth-order valence-electron chi connectivity index (χ4n) is 2.32. The smallest absolute Gasteiger partial charge is 0.243 e. The third-order valence-corrected chi connectivity index (χ3v) is 3.88. The average Bonchev–Trinajstić information content (AvgIpc) is 3.10. The van der Waals surface area contributed by atoms with Crippen LogP contribution in [0, 0.1) is 0 Å². The summed E-state index contributed by atoms with van der Waals surface area (Å²) in [5.74, 6) is 0.401. The molecule has 0 aliphatic rings. The number of benzene rings is 2. The molecule has 7 nitrogen and oxygen atoms in total. The molecule has 3 N–H and O–H groups in total. The maximum absolute atomic E-state index is 11.9. The van der Waals surface area contributed by atoms with E-state index in [1.165, 1.54) is 0 Å². The number of nitrogens with two attached hydrogens (primary N) is 1. The molecule has 0 spiro atoms. The number of nitrogens with zero attached hydrogens (tertiary/aromatic N) is 4. The number of hydrogen-bond donors (Lipinski definition) is 2. The second-order valence-electron chi connectivity index (χ2n) is 6.70. The number of hydrogen-bond acceptors (Lipinski definition) is 5. The van der Waals surface area contributed by atoms with Gasteiger partial charge in [0.15, 0.2) is 0 Å². The Morgan fingerprint density at radius 3 is 2.41 bits per heavy atom. The Hall–Kier alpha value is -2.77. The summed E-state index contributed by atoms with van der Waals surface area (Å²) in [5, 5.41) is 15.4. The summed E-state index contributed by atoms with van der Waals surface area (Å²) >= 11 is 0. The van der Waals surface area contributed by atoms with Crippen molar-refractivity contribution < 1.29 is 4.79 Å². The highest BCUT2D eigenvalue weighted by Crippen LogP contribution is 2.14. The number of carbonyl (C=O) groups is 1. The second kappa shape index (κ2) is 8.75. The molecule has 0 saturated carbocycles. The molecular weight excluding hydrogens is 364 g/mol. The van der Waals surface area contributed by atoms with Crippen molar-refractivity contribution in [3.8, 4) is 11.4 Å². The number of amides is 1. The molecule has 3 rings (SSSR count). The lowest BCUT2D eigenvalue weighted by molar-refractivity contribution is -0.120. The lowest BCUT2D eigenvalue weighted by Crippen LogP contribution is -2.45. The van der Waals surface area contributed by atoms with Gasteiger partial charge in [-0.25, -0.2) is 0 Å². The SMILES string of the molecule is CC(C)(N)C(=O)Nc1ccc(CCn2nnc(-c3ccccc3)n2)cc1.Cl. The summed E-state index contributed by atoms with van der Waals surface area (Å²) in [5.41, 5.74) is 7.66. The number of aromatic nitrogens is 4. The van der Waals surface area contributed by atoms with Crippen molar-refractivity contribution in [3.05, 3.63) is 60.2 Å². The predicted octanol–water partition coefficient (Wildman–Crippen LogP) is 2.68. The van der Waals surface area contributed by atoms with E-state index in [-0.39, 0.29) is 18.3 Å². The van der Waals surface area contributed by atoms with Gasteiger partial charge in [-0.05, 0) is 43.2 Å². The fraction of sp³-hybridized carbons (Fsp3) is 0.263. The van der Waals surface area contributed by atoms with Gasteiger partial charge in [-0.1, -0.05) is 42.5 Å². The van der Waals surface area contributed by atoms with Crippen LogP contribution in [0.2, 0.25) is 0 Å². The highest BCUT2D eigenvalue weighted by Gasteiger charge is 2.21. The van der Waals surface area contributed by atoms with Crippen molar-refractivity contribution in [3.63, 3.8) is 0 Å². The van der Waals surface area contributed by atoms with Crippen molar-refractivity contribution in [2.75, 3.05) is 5.32 Å². The molecule has 8 heteroatoms. The summed E-state index contributed by atoms with van der Waals surface area (Å²) in [6.07, 6.45) is 0.765. The third kappa shape index (κ3) is 5.60. The summed E-state index contributed by atoms with van der Waals surface area (Å²) in [4.78, 5) is 13.5. The van der Waals surface area contributed by atoms with Gasteiger partial charge in [0, 0.05) is 11.3 Å². The largest absolute Gasteiger partial charge is 0.325 e. The highest BCUT2D eigenvalue weighted by atomic mass is 35.5. The molecule has 0 radical (unpaired) electrons. The molecule has 1 heterocycles. The molecule has 0 aliphatic heterocycles. The summed E-state index contributed by atoms with van der Waals surface area (Å²) < 4.78 is 0. The van der Waals surface area contributed by atoms with Crippen molar-refractivity contribution >= 4 is 24.0 Å². The normalized spacial score (nSPS) is 10.9. The van der Waals surface area contributed by atoms with E-state index in [9.17, 15) is 4.79 Å². The monoisotopic (exact) mass is 386 g/mol. The number of carbonyl (C=O) groups excluding carboxylic acids is 1. The first kappa shape index (κ1) is 20.5. The van der Waals surface area contributed by atoms with Crippen LogP contribution in [-0.2, 0) is 17.8 Å². The van der Waals surface area contributed by atoms with Crippen LogP contribution >= 0.6 is 12.4 Å². The Morgan fingerprint density at radius 1 is 1.11 bits per heavy atom. The maximum Gasteiger partial charge on any atom is 0.243 e. The minimum atomic E-state index is -0.909. The lowest BCUT2D eigenvalue weighted by Gasteiger charge is -2.17. The molecule has 0 saturated heterocycles. The minimum Gasteiger partial charge on any atom is -0.325 e. The molecule has 2 aromatic carbocycles. The van der Waals surface area contributed by atoms with E-state index in [1.807, 2.05) is 54.6 Å². The van der Waals surface area contributed by atoms with Crippen LogP contribution in [0.25, 0.3) is 11.4 Å². The van der Waals surface area contributed by atoms with Gasteiger partial charge in [0.1, 0.15) is 0 Å². The third-order valence-electron chi connectivity index (χ3n) is 3.88. The van der Waals surface area contributed by atoms with Gasteiger partial charge in [0.05, 0.1) is 12.1 Å². The van der Waals surface area contributed by atoms with Crippen molar-refractivity contribution in [1.29, 1.82) is 0 Å². The Balaban J connectivity index is 0.00000261. The number of rotatable bonds is 6. The second-order valence-corrected chi connectivity index (χ2v) is 6.70. The number of tetrazole rings is 1. The Bertz CT molecular complexity index is 871. The van der Waals surface area contributed by atoms with Crippen LogP contribution in [0.1, 0.15) is 19.4 Å². The number of anilines is 1. The number of nitrogens with one attached hydrogen (secondary N) is 1. The molecule has 0 bridgehead atoms. The molecule has 3 aromatic rings. The van der Waals surface area contributed by atoms with E-state index in [0.717, 1.165) is 23.2 Å². The quantitative estimate of drug-likeness (QED) is 0.678.